The molecule has 2 amide bonds. The molecule has 0 aliphatic heterocycles. The van der Waals surface area contributed by atoms with Crippen LogP contribution in [0, 0.1) is 0 Å². The van der Waals surface area contributed by atoms with Crippen molar-refractivity contribution < 1.29 is 27.5 Å². The number of nitrogens with one attached hydrogen (secondary N) is 2. The molecule has 7 nitrogen and oxygen atoms in total. The molecular weight excluding hydrogens is 437 g/mol. The van der Waals surface area contributed by atoms with Crippen LogP contribution in [0.25, 0.3) is 5.69 Å². The van der Waals surface area contributed by atoms with Crippen molar-refractivity contribution >= 4 is 17.5 Å². The van der Waals surface area contributed by atoms with Gasteiger partial charge in [0.1, 0.15) is 0 Å². The Kier molecular flexibility index (Phi) is 7.83. The Hall–Kier alpha value is -3.66. The van der Waals surface area contributed by atoms with Gasteiger partial charge in [-0.05, 0) is 61.9 Å². The van der Waals surface area contributed by atoms with E-state index in [4.69, 9.17) is 4.74 Å². The van der Waals surface area contributed by atoms with E-state index in [-0.39, 0.29) is 5.91 Å². The zero-order chi connectivity index (χ0) is 23.8. The summed E-state index contributed by atoms with van der Waals surface area (Å²) >= 11 is 0. The number of amides is 2. The molecule has 10 heteroatoms. The van der Waals surface area contributed by atoms with Crippen molar-refractivity contribution in [2.75, 3.05) is 25.1 Å². The van der Waals surface area contributed by atoms with Crippen LogP contribution in [0.5, 0.6) is 0 Å². The van der Waals surface area contributed by atoms with Crippen molar-refractivity contribution in [2.45, 2.75) is 19.5 Å². The molecule has 0 aliphatic rings. The van der Waals surface area contributed by atoms with Crippen LogP contribution in [0.2, 0.25) is 0 Å². The van der Waals surface area contributed by atoms with Crippen LogP contribution in [0.1, 0.15) is 39.8 Å². The fourth-order valence-corrected chi connectivity index (χ4v) is 2.95. The third kappa shape index (κ3) is 6.66. The molecule has 0 radical (unpaired) electrons. The lowest BCUT2D eigenvalue weighted by Gasteiger charge is -2.09. The quantitative estimate of drug-likeness (QED) is 0.467. The largest absolute Gasteiger partial charge is 0.435 e. The molecule has 0 saturated heterocycles. The van der Waals surface area contributed by atoms with E-state index in [0.717, 1.165) is 10.7 Å². The molecule has 0 spiro atoms. The first-order valence-electron chi connectivity index (χ1n) is 10.3. The van der Waals surface area contributed by atoms with Crippen LogP contribution in [0.15, 0.2) is 60.8 Å². The first-order valence-corrected chi connectivity index (χ1v) is 10.3. The van der Waals surface area contributed by atoms with Crippen LogP contribution >= 0.6 is 0 Å². The van der Waals surface area contributed by atoms with E-state index >= 15 is 0 Å². The van der Waals surface area contributed by atoms with Gasteiger partial charge in [-0.3, -0.25) is 9.59 Å². The first-order chi connectivity index (χ1) is 15.8. The number of benzene rings is 2. The molecule has 2 N–H and O–H groups in total. The molecule has 0 unspecified atom stereocenters. The number of aromatic nitrogens is 2. The summed E-state index contributed by atoms with van der Waals surface area (Å²) < 4.78 is 44.5. The number of carbonyl (C=O) groups excluding carboxylic acids is 2. The Bertz CT molecular complexity index is 1090. The number of carbonyl (C=O) groups is 2. The minimum absolute atomic E-state index is 0.260. The number of nitrogens with zero attached hydrogens (tertiary/aromatic N) is 2. The molecule has 1 aromatic heterocycles. The Morgan fingerprint density at radius 1 is 1.03 bits per heavy atom. The van der Waals surface area contributed by atoms with Crippen LogP contribution in [-0.4, -0.2) is 41.4 Å². The molecule has 0 atom stereocenters. The molecule has 0 saturated carbocycles. The number of hydrogen-bond acceptors (Lipinski definition) is 4. The first kappa shape index (κ1) is 24.0. The van der Waals surface area contributed by atoms with Crippen molar-refractivity contribution in [1.82, 2.24) is 15.1 Å². The predicted octanol–water partition coefficient (Wildman–Crippen LogP) is 4.30. The molecule has 33 heavy (non-hydrogen) atoms. The summed E-state index contributed by atoms with van der Waals surface area (Å²) in [5, 5.41) is 9.01. The van der Waals surface area contributed by atoms with Gasteiger partial charge in [-0.1, -0.05) is 6.07 Å². The highest BCUT2D eigenvalue weighted by Gasteiger charge is 2.33. The van der Waals surface area contributed by atoms with Gasteiger partial charge in [0.05, 0.1) is 5.69 Å². The topological polar surface area (TPSA) is 85.3 Å². The molecule has 3 rings (SSSR count). The lowest BCUT2D eigenvalue weighted by Crippen LogP contribution is -2.25. The van der Waals surface area contributed by atoms with Crippen LogP contribution in [0.4, 0.5) is 18.9 Å². The highest BCUT2D eigenvalue weighted by Crippen LogP contribution is 2.28. The Balaban J connectivity index is 1.60. The van der Waals surface area contributed by atoms with Crippen LogP contribution < -0.4 is 10.6 Å². The fraction of sp³-hybridized carbons (Fsp3) is 0.261. The van der Waals surface area contributed by atoms with Gasteiger partial charge in [0.2, 0.25) is 0 Å². The number of ether oxygens (including phenoxy) is 1. The average molecular weight is 460 g/mol. The minimum Gasteiger partial charge on any atom is -0.382 e. The second-order valence-corrected chi connectivity index (χ2v) is 7.03. The Morgan fingerprint density at radius 2 is 1.79 bits per heavy atom. The fourth-order valence-electron chi connectivity index (χ4n) is 2.95. The summed E-state index contributed by atoms with van der Waals surface area (Å²) in [6.45, 7) is 3.57. The van der Waals surface area contributed by atoms with Crippen LogP contribution in [-0.2, 0) is 10.9 Å². The molecule has 2 aromatic carbocycles. The minimum atomic E-state index is -4.53. The van der Waals surface area contributed by atoms with Crippen molar-refractivity contribution in [2.24, 2.45) is 0 Å². The highest BCUT2D eigenvalue weighted by molar-refractivity contribution is 6.05. The maximum Gasteiger partial charge on any atom is 0.435 e. The van der Waals surface area contributed by atoms with Gasteiger partial charge in [-0.2, -0.15) is 18.3 Å². The van der Waals surface area contributed by atoms with Crippen molar-refractivity contribution in [3.8, 4) is 5.69 Å². The van der Waals surface area contributed by atoms with Gasteiger partial charge < -0.3 is 15.4 Å². The highest BCUT2D eigenvalue weighted by atomic mass is 19.4. The zero-order valence-corrected chi connectivity index (χ0v) is 17.9. The van der Waals surface area contributed by atoms with Gasteiger partial charge in [-0.25, -0.2) is 4.68 Å². The van der Waals surface area contributed by atoms with Crippen molar-refractivity contribution in [3.05, 3.63) is 77.6 Å². The van der Waals surface area contributed by atoms with E-state index in [9.17, 15) is 22.8 Å². The third-order valence-corrected chi connectivity index (χ3v) is 4.61. The zero-order valence-electron chi connectivity index (χ0n) is 17.9. The molecule has 0 bridgehead atoms. The standard InChI is InChI=1S/C23H23F3N4O3/c1-2-33-14-4-12-27-21(31)17-5-3-6-18(15-17)28-22(32)16-7-9-19(10-8-16)30-13-11-20(29-30)23(24,25)26/h3,5-11,13,15H,2,4,12,14H2,1H3,(H,27,31)(H,28,32). The smallest absolute Gasteiger partial charge is 0.382 e. The predicted molar refractivity (Wildman–Crippen MR) is 116 cm³/mol. The van der Waals surface area contributed by atoms with Gasteiger partial charge >= 0.3 is 6.18 Å². The van der Waals surface area contributed by atoms with E-state index in [2.05, 4.69) is 15.7 Å². The molecule has 174 valence electrons. The molecule has 3 aromatic rings. The molecule has 0 aliphatic carbocycles. The van der Waals surface area contributed by atoms with Gasteiger partial charge in [-0.15, -0.1) is 0 Å². The number of rotatable bonds is 9. The summed E-state index contributed by atoms with van der Waals surface area (Å²) in [6, 6.07) is 13.3. The average Bonchev–Trinajstić information content (AvgIpc) is 3.30. The second kappa shape index (κ2) is 10.8. The number of halogens is 3. The Morgan fingerprint density at radius 3 is 2.45 bits per heavy atom. The van der Waals surface area contributed by atoms with Gasteiger partial charge in [0, 0.05) is 42.8 Å². The van der Waals surface area contributed by atoms with E-state index in [1.54, 1.807) is 24.3 Å². The van der Waals surface area contributed by atoms with E-state index in [1.807, 2.05) is 6.92 Å². The summed E-state index contributed by atoms with van der Waals surface area (Å²) in [6.07, 6.45) is -2.63. The van der Waals surface area contributed by atoms with E-state index in [0.29, 0.717) is 48.7 Å². The Labute approximate surface area is 188 Å². The van der Waals surface area contributed by atoms with Crippen molar-refractivity contribution in [3.63, 3.8) is 0 Å². The SMILES string of the molecule is CCOCCCNC(=O)c1cccc(NC(=O)c2ccc(-n3ccc(C(F)(F)F)n3)cc2)c1. The van der Waals surface area contributed by atoms with Gasteiger partial charge in [0.25, 0.3) is 11.8 Å². The molecule has 0 fully saturated rings. The summed E-state index contributed by atoms with van der Waals surface area (Å²) in [5.74, 6) is -0.684. The summed E-state index contributed by atoms with van der Waals surface area (Å²) in [7, 11) is 0. The lowest BCUT2D eigenvalue weighted by molar-refractivity contribution is -0.141. The maximum absolute atomic E-state index is 12.7. The molecule has 1 heterocycles. The maximum atomic E-state index is 12.7. The lowest BCUT2D eigenvalue weighted by atomic mass is 10.1. The second-order valence-electron chi connectivity index (χ2n) is 7.03. The summed E-state index contributed by atoms with van der Waals surface area (Å²) in [5.41, 5.74) is 0.520. The van der Waals surface area contributed by atoms with Crippen LogP contribution in [0.3, 0.4) is 0 Å². The van der Waals surface area contributed by atoms with Crippen molar-refractivity contribution in [1.29, 1.82) is 0 Å². The summed E-state index contributed by atoms with van der Waals surface area (Å²) in [4.78, 5) is 24.8. The monoisotopic (exact) mass is 460 g/mol. The number of alkyl halides is 3. The number of hydrogen-bond donors (Lipinski definition) is 2. The van der Waals surface area contributed by atoms with E-state index in [1.165, 1.54) is 30.5 Å². The number of anilines is 1. The van der Waals surface area contributed by atoms with E-state index < -0.39 is 17.8 Å². The molecular formula is C23H23F3N4O3. The van der Waals surface area contributed by atoms with Gasteiger partial charge in [0.15, 0.2) is 5.69 Å². The normalized spacial score (nSPS) is 11.3. The third-order valence-electron chi connectivity index (χ3n) is 4.61.